The molecule has 3 amide bonds. The zero-order valence-corrected chi connectivity index (χ0v) is 24.0. The van der Waals surface area contributed by atoms with Gasteiger partial charge in [0.2, 0.25) is 0 Å². The summed E-state index contributed by atoms with van der Waals surface area (Å²) in [5.74, 6) is 0.487. The fourth-order valence-corrected chi connectivity index (χ4v) is 5.13. The molecule has 1 heterocycles. The number of aryl methyl sites for hydroxylation is 2. The van der Waals surface area contributed by atoms with Crippen LogP contribution in [0.4, 0.5) is 21.9 Å². The van der Waals surface area contributed by atoms with Crippen LogP contribution in [0.2, 0.25) is 0 Å². The van der Waals surface area contributed by atoms with Crippen LogP contribution in [0, 0.1) is 19.8 Å². The van der Waals surface area contributed by atoms with Gasteiger partial charge in [-0.15, -0.1) is 0 Å². The lowest BCUT2D eigenvalue weighted by atomic mass is 9.89. The maximum atomic E-state index is 13.3. The molecular weight excluding hydrogens is 500 g/mol. The summed E-state index contributed by atoms with van der Waals surface area (Å²) in [7, 11) is 0. The number of hydrogen-bond donors (Lipinski definition) is 3. The molecule has 1 aliphatic heterocycles. The van der Waals surface area contributed by atoms with Crippen molar-refractivity contribution >= 4 is 29.0 Å². The SMILES string of the molecule is CCOCCCNC(=O)c1cc(NC(=O)Nc2ccc(C)c(C)c2)ccc1N1CCC(Cc2ccccc2)CC1. The van der Waals surface area contributed by atoms with E-state index in [1.165, 1.54) is 11.1 Å². The van der Waals surface area contributed by atoms with E-state index in [2.05, 4.69) is 51.2 Å². The number of carbonyl (C=O) groups is 2. The molecule has 212 valence electrons. The summed E-state index contributed by atoms with van der Waals surface area (Å²) < 4.78 is 5.40. The molecule has 7 heteroatoms. The highest BCUT2D eigenvalue weighted by atomic mass is 16.5. The molecule has 0 bridgehead atoms. The van der Waals surface area contributed by atoms with Gasteiger partial charge in [-0.05, 0) is 99.4 Å². The Morgan fingerprint density at radius 2 is 1.60 bits per heavy atom. The molecule has 1 aliphatic rings. The number of piperidine rings is 1. The first kappa shape index (κ1) is 29.2. The first-order valence-electron chi connectivity index (χ1n) is 14.4. The quantitative estimate of drug-likeness (QED) is 0.240. The maximum absolute atomic E-state index is 13.3. The van der Waals surface area contributed by atoms with Crippen molar-refractivity contribution in [1.82, 2.24) is 5.32 Å². The average molecular weight is 543 g/mol. The number of nitrogens with zero attached hydrogens (tertiary/aromatic N) is 1. The molecule has 40 heavy (non-hydrogen) atoms. The second-order valence-corrected chi connectivity index (χ2v) is 10.5. The number of ether oxygens (including phenoxy) is 1. The van der Waals surface area contributed by atoms with E-state index in [-0.39, 0.29) is 11.9 Å². The van der Waals surface area contributed by atoms with Crippen molar-refractivity contribution in [3.8, 4) is 0 Å². The minimum absolute atomic E-state index is 0.142. The highest BCUT2D eigenvalue weighted by molar-refractivity contribution is 6.04. The molecule has 0 aliphatic carbocycles. The molecule has 0 atom stereocenters. The van der Waals surface area contributed by atoms with Gasteiger partial charge >= 0.3 is 6.03 Å². The molecule has 7 nitrogen and oxygen atoms in total. The lowest BCUT2D eigenvalue weighted by Gasteiger charge is -2.35. The van der Waals surface area contributed by atoms with Crippen molar-refractivity contribution in [3.63, 3.8) is 0 Å². The van der Waals surface area contributed by atoms with Crippen molar-refractivity contribution in [1.29, 1.82) is 0 Å². The van der Waals surface area contributed by atoms with Crippen LogP contribution in [0.3, 0.4) is 0 Å². The summed E-state index contributed by atoms with van der Waals surface area (Å²) in [6.45, 7) is 9.60. The molecule has 0 unspecified atom stereocenters. The Hall–Kier alpha value is -3.84. The molecule has 1 fully saturated rings. The van der Waals surface area contributed by atoms with E-state index < -0.39 is 0 Å². The van der Waals surface area contributed by atoms with Crippen molar-refractivity contribution in [2.24, 2.45) is 5.92 Å². The molecule has 0 saturated carbocycles. The Morgan fingerprint density at radius 1 is 0.900 bits per heavy atom. The lowest BCUT2D eigenvalue weighted by molar-refractivity contribution is 0.0944. The highest BCUT2D eigenvalue weighted by Gasteiger charge is 2.24. The number of carbonyl (C=O) groups excluding carboxylic acids is 2. The van der Waals surface area contributed by atoms with Gasteiger partial charge in [-0.2, -0.15) is 0 Å². The van der Waals surface area contributed by atoms with Gasteiger partial charge in [0, 0.05) is 49.9 Å². The molecular formula is C33H42N4O3. The van der Waals surface area contributed by atoms with Crippen LogP contribution in [0.5, 0.6) is 0 Å². The molecule has 1 saturated heterocycles. The van der Waals surface area contributed by atoms with Crippen molar-refractivity contribution in [2.75, 3.05) is 48.4 Å². The number of hydrogen-bond acceptors (Lipinski definition) is 4. The summed E-state index contributed by atoms with van der Waals surface area (Å²) in [6, 6.07) is 21.7. The van der Waals surface area contributed by atoms with Crippen LogP contribution in [-0.4, -0.2) is 44.8 Å². The summed E-state index contributed by atoms with van der Waals surface area (Å²) in [5.41, 5.74) is 6.43. The number of nitrogens with one attached hydrogen (secondary N) is 3. The van der Waals surface area contributed by atoms with E-state index in [0.29, 0.717) is 36.9 Å². The van der Waals surface area contributed by atoms with Crippen LogP contribution in [0.1, 0.15) is 53.2 Å². The van der Waals surface area contributed by atoms with Gasteiger partial charge in [-0.3, -0.25) is 4.79 Å². The predicted octanol–water partition coefficient (Wildman–Crippen LogP) is 6.56. The van der Waals surface area contributed by atoms with Gasteiger partial charge in [0.25, 0.3) is 5.91 Å². The smallest absolute Gasteiger partial charge is 0.323 e. The molecule has 3 N–H and O–H groups in total. The van der Waals surface area contributed by atoms with Crippen LogP contribution in [0.15, 0.2) is 66.7 Å². The van der Waals surface area contributed by atoms with E-state index in [4.69, 9.17) is 4.74 Å². The highest BCUT2D eigenvalue weighted by Crippen LogP contribution is 2.30. The summed E-state index contributed by atoms with van der Waals surface area (Å²) in [4.78, 5) is 28.4. The third-order valence-corrected chi connectivity index (χ3v) is 7.54. The van der Waals surface area contributed by atoms with Crippen LogP contribution >= 0.6 is 0 Å². The Morgan fingerprint density at radius 3 is 2.30 bits per heavy atom. The number of rotatable bonds is 11. The van der Waals surface area contributed by atoms with Crippen LogP contribution in [0.25, 0.3) is 0 Å². The third kappa shape index (κ3) is 8.33. The predicted molar refractivity (Wildman–Crippen MR) is 164 cm³/mol. The monoisotopic (exact) mass is 542 g/mol. The van der Waals surface area contributed by atoms with Gasteiger partial charge in [0.15, 0.2) is 0 Å². The zero-order valence-electron chi connectivity index (χ0n) is 24.0. The third-order valence-electron chi connectivity index (χ3n) is 7.54. The van der Waals surface area contributed by atoms with Gasteiger partial charge in [0.05, 0.1) is 5.56 Å². The first-order chi connectivity index (χ1) is 19.4. The average Bonchev–Trinajstić information content (AvgIpc) is 2.96. The molecule has 0 aromatic heterocycles. The van der Waals surface area contributed by atoms with Gasteiger partial charge in [-0.25, -0.2) is 4.79 Å². The lowest BCUT2D eigenvalue weighted by Crippen LogP contribution is -2.36. The summed E-state index contributed by atoms with van der Waals surface area (Å²) in [6.07, 6.45) is 3.97. The van der Waals surface area contributed by atoms with Crippen molar-refractivity contribution < 1.29 is 14.3 Å². The molecule has 0 radical (unpaired) electrons. The standard InChI is InChI=1S/C33H42N4O3/c1-4-40-20-8-17-34-32(38)30-23-29(36-33(39)35-28-12-11-24(2)25(3)21-28)13-14-31(30)37-18-15-27(16-19-37)22-26-9-6-5-7-10-26/h5-7,9-14,21,23,27H,4,8,15-20,22H2,1-3H3,(H,34,38)(H2,35,36,39). The first-order valence-corrected chi connectivity index (χ1v) is 14.4. The minimum atomic E-state index is -0.346. The number of urea groups is 1. The molecule has 0 spiro atoms. The second kappa shape index (κ2) is 14.5. The van der Waals surface area contributed by atoms with Crippen LogP contribution in [-0.2, 0) is 11.2 Å². The molecule has 3 aromatic carbocycles. The van der Waals surface area contributed by atoms with E-state index in [1.807, 2.05) is 51.1 Å². The molecule has 4 rings (SSSR count). The fourth-order valence-electron chi connectivity index (χ4n) is 5.13. The Kier molecular flexibility index (Phi) is 10.6. The van der Waals surface area contributed by atoms with Crippen LogP contribution < -0.4 is 20.9 Å². The summed E-state index contributed by atoms with van der Waals surface area (Å²) >= 11 is 0. The van der Waals surface area contributed by atoms with Gasteiger partial charge < -0.3 is 25.6 Å². The Balaban J connectivity index is 1.44. The largest absolute Gasteiger partial charge is 0.382 e. The minimum Gasteiger partial charge on any atom is -0.382 e. The zero-order chi connectivity index (χ0) is 28.3. The Bertz CT molecular complexity index is 1270. The number of anilines is 3. The van der Waals surface area contributed by atoms with Crippen molar-refractivity contribution in [2.45, 2.75) is 46.5 Å². The normalized spacial score (nSPS) is 13.6. The molecule has 3 aromatic rings. The second-order valence-electron chi connectivity index (χ2n) is 10.5. The fraction of sp³-hybridized carbons (Fsp3) is 0.394. The Labute approximate surface area is 238 Å². The van der Waals surface area contributed by atoms with Gasteiger partial charge in [-0.1, -0.05) is 36.4 Å². The van der Waals surface area contributed by atoms with Crippen molar-refractivity contribution in [3.05, 3.63) is 89.0 Å². The van der Waals surface area contributed by atoms with E-state index in [1.54, 1.807) is 6.07 Å². The summed E-state index contributed by atoms with van der Waals surface area (Å²) in [5, 5.41) is 8.83. The maximum Gasteiger partial charge on any atom is 0.323 e. The van der Waals surface area contributed by atoms with Gasteiger partial charge in [0.1, 0.15) is 0 Å². The van der Waals surface area contributed by atoms with E-state index in [9.17, 15) is 9.59 Å². The topological polar surface area (TPSA) is 82.7 Å². The van der Waals surface area contributed by atoms with E-state index >= 15 is 0 Å². The van der Waals surface area contributed by atoms with E-state index in [0.717, 1.165) is 55.7 Å². The number of benzene rings is 3. The number of amides is 3.